The molecule has 7 nitrogen and oxygen atoms in total. The Morgan fingerprint density at radius 3 is 2.31 bits per heavy atom. The molecule has 0 bridgehead atoms. The summed E-state index contributed by atoms with van der Waals surface area (Å²) in [6, 6.07) is 24.2. The SMILES string of the molecule is O=C1CN(C(=O)c2cccc(S(=O)(=O)N(Cc3ccccc3)c3ccccc3)c2)CCN1. The van der Waals surface area contributed by atoms with E-state index in [1.54, 1.807) is 36.4 Å². The van der Waals surface area contributed by atoms with Crippen LogP contribution in [0, 0.1) is 0 Å². The number of sulfonamides is 1. The molecule has 0 atom stereocenters. The zero-order valence-corrected chi connectivity index (χ0v) is 18.2. The smallest absolute Gasteiger partial charge is 0.264 e. The number of carbonyl (C=O) groups is 2. The minimum absolute atomic E-state index is 0.0181. The predicted molar refractivity (Wildman–Crippen MR) is 122 cm³/mol. The lowest BCUT2D eigenvalue weighted by molar-refractivity contribution is -0.123. The highest BCUT2D eigenvalue weighted by Crippen LogP contribution is 2.26. The molecule has 2 amide bonds. The zero-order chi connectivity index (χ0) is 22.6. The van der Waals surface area contributed by atoms with E-state index in [1.807, 2.05) is 36.4 Å². The molecule has 1 N–H and O–H groups in total. The van der Waals surface area contributed by atoms with Crippen LogP contribution in [0.5, 0.6) is 0 Å². The largest absolute Gasteiger partial charge is 0.353 e. The fraction of sp³-hybridized carbons (Fsp3) is 0.167. The standard InChI is InChI=1S/C24H23N3O4S/c28-23-18-26(15-14-25-23)24(29)20-10-7-13-22(16-20)32(30,31)27(21-11-5-2-6-12-21)17-19-8-3-1-4-9-19/h1-13,16H,14-15,17-18H2,(H,25,28). The minimum Gasteiger partial charge on any atom is -0.353 e. The van der Waals surface area contributed by atoms with Crippen LogP contribution in [-0.2, 0) is 21.4 Å². The lowest BCUT2D eigenvalue weighted by Crippen LogP contribution is -2.50. The number of para-hydroxylation sites is 1. The molecule has 32 heavy (non-hydrogen) atoms. The van der Waals surface area contributed by atoms with Crippen molar-refractivity contribution in [1.82, 2.24) is 10.2 Å². The van der Waals surface area contributed by atoms with Gasteiger partial charge in [0, 0.05) is 18.7 Å². The first-order valence-corrected chi connectivity index (χ1v) is 11.7. The molecule has 0 unspecified atom stereocenters. The van der Waals surface area contributed by atoms with Crippen LogP contribution in [0.25, 0.3) is 0 Å². The molecule has 0 spiro atoms. The Morgan fingerprint density at radius 1 is 0.938 bits per heavy atom. The minimum atomic E-state index is -3.97. The van der Waals surface area contributed by atoms with Gasteiger partial charge in [0.15, 0.2) is 0 Å². The Kier molecular flexibility index (Phi) is 6.23. The highest BCUT2D eigenvalue weighted by atomic mass is 32.2. The Labute approximate surface area is 187 Å². The molecule has 0 aliphatic carbocycles. The molecular formula is C24H23N3O4S. The van der Waals surface area contributed by atoms with E-state index in [0.717, 1.165) is 5.56 Å². The predicted octanol–water partition coefficient (Wildman–Crippen LogP) is 2.65. The normalized spacial score (nSPS) is 14.0. The van der Waals surface area contributed by atoms with Crippen molar-refractivity contribution < 1.29 is 18.0 Å². The highest BCUT2D eigenvalue weighted by Gasteiger charge is 2.28. The van der Waals surface area contributed by atoms with E-state index in [2.05, 4.69) is 5.32 Å². The first-order valence-electron chi connectivity index (χ1n) is 10.2. The molecule has 4 rings (SSSR count). The molecule has 1 saturated heterocycles. The van der Waals surface area contributed by atoms with E-state index in [4.69, 9.17) is 0 Å². The summed E-state index contributed by atoms with van der Waals surface area (Å²) in [5.74, 6) is -0.599. The maximum absolute atomic E-state index is 13.7. The molecule has 3 aromatic carbocycles. The van der Waals surface area contributed by atoms with Gasteiger partial charge in [-0.2, -0.15) is 0 Å². The third-order valence-electron chi connectivity index (χ3n) is 5.21. The summed E-state index contributed by atoms with van der Waals surface area (Å²) in [4.78, 5) is 26.0. The van der Waals surface area contributed by atoms with Crippen molar-refractivity contribution in [1.29, 1.82) is 0 Å². The van der Waals surface area contributed by atoms with Gasteiger partial charge in [0.05, 0.1) is 23.7 Å². The van der Waals surface area contributed by atoms with Crippen LogP contribution in [0.1, 0.15) is 15.9 Å². The van der Waals surface area contributed by atoms with Crippen molar-refractivity contribution in [2.75, 3.05) is 23.9 Å². The quantitative estimate of drug-likeness (QED) is 0.627. The molecule has 1 aliphatic rings. The Bertz CT molecular complexity index is 1210. The zero-order valence-electron chi connectivity index (χ0n) is 17.3. The number of rotatable bonds is 6. The number of benzene rings is 3. The summed E-state index contributed by atoms with van der Waals surface area (Å²) in [6.07, 6.45) is 0. The lowest BCUT2D eigenvalue weighted by Gasteiger charge is -2.27. The number of anilines is 1. The molecular weight excluding hydrogens is 426 g/mol. The molecule has 3 aromatic rings. The number of amides is 2. The molecule has 0 radical (unpaired) electrons. The number of nitrogens with one attached hydrogen (secondary N) is 1. The van der Waals surface area contributed by atoms with E-state index >= 15 is 0 Å². The maximum atomic E-state index is 13.7. The highest BCUT2D eigenvalue weighted by molar-refractivity contribution is 7.92. The second-order valence-corrected chi connectivity index (χ2v) is 9.30. The van der Waals surface area contributed by atoms with E-state index in [1.165, 1.54) is 21.3 Å². The summed E-state index contributed by atoms with van der Waals surface area (Å²) in [6.45, 7) is 0.866. The van der Waals surface area contributed by atoms with Crippen molar-refractivity contribution in [2.45, 2.75) is 11.4 Å². The molecule has 0 saturated carbocycles. The fourth-order valence-electron chi connectivity index (χ4n) is 3.57. The van der Waals surface area contributed by atoms with Crippen LogP contribution in [-0.4, -0.2) is 44.8 Å². The van der Waals surface area contributed by atoms with Gasteiger partial charge in [-0.05, 0) is 35.9 Å². The topological polar surface area (TPSA) is 86.8 Å². The van der Waals surface area contributed by atoms with Crippen LogP contribution in [0.3, 0.4) is 0 Å². The summed E-state index contributed by atoms with van der Waals surface area (Å²) in [5.41, 5.74) is 1.60. The number of carbonyl (C=O) groups excluding carboxylic acids is 2. The van der Waals surface area contributed by atoms with Gasteiger partial charge in [0.1, 0.15) is 0 Å². The van der Waals surface area contributed by atoms with Crippen LogP contribution in [0.4, 0.5) is 5.69 Å². The summed E-state index contributed by atoms with van der Waals surface area (Å²) in [5, 5.41) is 2.67. The van der Waals surface area contributed by atoms with Crippen molar-refractivity contribution in [3.63, 3.8) is 0 Å². The van der Waals surface area contributed by atoms with Gasteiger partial charge in [-0.3, -0.25) is 13.9 Å². The molecule has 1 fully saturated rings. The Balaban J connectivity index is 1.69. The maximum Gasteiger partial charge on any atom is 0.264 e. The number of hydrogen-bond acceptors (Lipinski definition) is 4. The number of hydrogen-bond donors (Lipinski definition) is 1. The van der Waals surface area contributed by atoms with Crippen molar-refractivity contribution in [3.05, 3.63) is 96.1 Å². The molecule has 1 aliphatic heterocycles. The van der Waals surface area contributed by atoms with Gasteiger partial charge >= 0.3 is 0 Å². The second kappa shape index (κ2) is 9.23. The van der Waals surface area contributed by atoms with Gasteiger partial charge < -0.3 is 10.2 Å². The number of piperazine rings is 1. The molecule has 0 aromatic heterocycles. The van der Waals surface area contributed by atoms with Gasteiger partial charge in [-0.25, -0.2) is 8.42 Å². The first kappa shape index (κ1) is 21.6. The fourth-order valence-corrected chi connectivity index (χ4v) is 5.07. The number of nitrogens with zero attached hydrogens (tertiary/aromatic N) is 2. The van der Waals surface area contributed by atoms with E-state index in [-0.39, 0.29) is 35.4 Å². The monoisotopic (exact) mass is 449 g/mol. The molecule has 8 heteroatoms. The average molecular weight is 450 g/mol. The van der Waals surface area contributed by atoms with Crippen molar-refractivity contribution in [2.24, 2.45) is 0 Å². The van der Waals surface area contributed by atoms with E-state index in [9.17, 15) is 18.0 Å². The van der Waals surface area contributed by atoms with Gasteiger partial charge in [-0.15, -0.1) is 0 Å². The third-order valence-corrected chi connectivity index (χ3v) is 6.98. The first-order chi connectivity index (χ1) is 15.4. The lowest BCUT2D eigenvalue weighted by atomic mass is 10.2. The van der Waals surface area contributed by atoms with Crippen LogP contribution < -0.4 is 9.62 Å². The summed E-state index contributed by atoms with van der Waals surface area (Å²) < 4.78 is 28.7. The van der Waals surface area contributed by atoms with E-state index < -0.39 is 10.0 Å². The van der Waals surface area contributed by atoms with Gasteiger partial charge in [0.2, 0.25) is 5.91 Å². The van der Waals surface area contributed by atoms with Crippen molar-refractivity contribution >= 4 is 27.5 Å². The third kappa shape index (κ3) is 4.65. The molecule has 164 valence electrons. The van der Waals surface area contributed by atoms with Gasteiger partial charge in [0.25, 0.3) is 15.9 Å². The molecule has 1 heterocycles. The Morgan fingerprint density at radius 2 is 1.62 bits per heavy atom. The average Bonchev–Trinajstić information content (AvgIpc) is 2.83. The van der Waals surface area contributed by atoms with E-state index in [0.29, 0.717) is 18.8 Å². The Hall–Kier alpha value is -3.65. The van der Waals surface area contributed by atoms with Crippen molar-refractivity contribution in [3.8, 4) is 0 Å². The van der Waals surface area contributed by atoms with Crippen LogP contribution in [0.2, 0.25) is 0 Å². The van der Waals surface area contributed by atoms with Crippen LogP contribution in [0.15, 0.2) is 89.8 Å². The van der Waals surface area contributed by atoms with Gasteiger partial charge in [-0.1, -0.05) is 54.6 Å². The summed E-state index contributed by atoms with van der Waals surface area (Å²) >= 11 is 0. The second-order valence-electron chi connectivity index (χ2n) is 7.44. The summed E-state index contributed by atoms with van der Waals surface area (Å²) in [7, 11) is -3.97. The van der Waals surface area contributed by atoms with Crippen LogP contribution >= 0.6 is 0 Å².